The predicted octanol–water partition coefficient (Wildman–Crippen LogP) is 28.2. The van der Waals surface area contributed by atoms with Gasteiger partial charge in [-0.3, -0.25) is 0 Å². The van der Waals surface area contributed by atoms with Crippen LogP contribution in [-0.4, -0.2) is 72.2 Å². The predicted molar refractivity (Wildman–Crippen MR) is 560 cm³/mol. The van der Waals surface area contributed by atoms with E-state index >= 15 is 0 Å². The van der Waals surface area contributed by atoms with E-state index in [1.54, 1.807) is 60.8 Å². The number of benzene rings is 8. The summed E-state index contributed by atoms with van der Waals surface area (Å²) in [5.41, 5.74) is 22.4. The summed E-state index contributed by atoms with van der Waals surface area (Å²) in [6, 6.07) is 112. The Labute approximate surface area is 869 Å². The van der Waals surface area contributed by atoms with E-state index < -0.39 is 52.9 Å². The van der Waals surface area contributed by atoms with Crippen molar-refractivity contribution < 1.29 is 92.8 Å². The van der Waals surface area contributed by atoms with Crippen molar-refractivity contribution in [3.63, 3.8) is 0 Å². The fraction of sp³-hybridized carbons (Fsp3) is 0.248. The molecule has 698 valence electrons. The Bertz CT molecular complexity index is 6400. The number of hydrogen-bond donors (Lipinski definition) is 0. The van der Waals surface area contributed by atoms with E-state index in [0.717, 1.165) is 91.6 Å². The number of aromatic nitrogens is 8. The second kappa shape index (κ2) is 56.7. The van der Waals surface area contributed by atoms with E-state index in [2.05, 4.69) is 284 Å². The van der Waals surface area contributed by atoms with Gasteiger partial charge in [0.2, 0.25) is 0 Å². The maximum Gasteiger partial charge on any atom is 0.0799 e. The van der Waals surface area contributed by atoms with Gasteiger partial charge in [-0.2, -0.15) is 0 Å². The Morgan fingerprint density at radius 3 is 1.04 bits per heavy atom. The van der Waals surface area contributed by atoms with Crippen molar-refractivity contribution in [2.75, 3.05) is 0 Å². The summed E-state index contributed by atoms with van der Waals surface area (Å²) in [7, 11) is -5.33. The van der Waals surface area contributed by atoms with Crippen molar-refractivity contribution >= 4 is 53.0 Å². The Morgan fingerprint density at radius 1 is 0.308 bits per heavy atom. The molecule has 0 bridgehead atoms. The molecule has 0 saturated heterocycles. The number of nitrogens with zero attached hydrogens (tertiary/aromatic N) is 8. The number of aryl methyl sites for hydroxylation is 5. The largest absolute Gasteiger partial charge is 0.305 e. The van der Waals surface area contributed by atoms with Crippen LogP contribution >= 0.6 is 0 Å². The molecule has 8 aromatic heterocycles. The van der Waals surface area contributed by atoms with Gasteiger partial charge in [0.05, 0.1) is 32.3 Å². The first-order valence-electron chi connectivity index (χ1n) is 48.9. The summed E-state index contributed by atoms with van der Waals surface area (Å²) in [5.74, 6) is 1.79. The molecule has 1 unspecified atom stereocenters. The molecule has 0 aliphatic heterocycles. The van der Waals surface area contributed by atoms with Crippen molar-refractivity contribution in [2.45, 2.75) is 186 Å². The smallest absolute Gasteiger partial charge is 0.0799 e. The SMILES string of the molecule is CC(C)Cc1cc(-c2[c-]cccc2)ncc1[Si](C)(C)C.CC(C)c1cc(-c2[c-]cccc2)ncc1[Si](C)(C)C.CCC(C)c1cc(-c2[c-]cccc2)ncc1[Si](C)(C)C.CCc1cc(-c2[c-]cccc2)ncc1[Si](C)(C)C.Cc1cccc(-c2[c-]cccc2)n1.[2H]C([2H])([2H])c1ccc(-c2[c-]cccc2)nc1.[2H]C([2H])([2H])c1cccnc1-c1[c-]cccc1.[2H]C([2H])([2H])c1ccnc(-c2[c-]cccc2)c1.[Ir].[Ir].[Ir].[Ir]. The molecule has 8 heterocycles. The molecule has 0 aliphatic carbocycles. The Hall–Kier alpha value is -9.58. The molecule has 133 heavy (non-hydrogen) atoms. The van der Waals surface area contributed by atoms with Gasteiger partial charge in [0.25, 0.3) is 0 Å². The third kappa shape index (κ3) is 36.9. The first-order chi connectivity index (χ1) is 65.3. The van der Waals surface area contributed by atoms with Gasteiger partial charge in [-0.05, 0) is 155 Å². The van der Waals surface area contributed by atoms with Crippen molar-refractivity contribution in [1.82, 2.24) is 39.9 Å². The van der Waals surface area contributed by atoms with Crippen molar-refractivity contribution in [3.8, 4) is 90.1 Å². The van der Waals surface area contributed by atoms with E-state index in [9.17, 15) is 0 Å². The van der Waals surface area contributed by atoms with Crippen molar-refractivity contribution in [2.24, 2.45) is 5.92 Å². The van der Waals surface area contributed by atoms with Gasteiger partial charge in [-0.25, -0.2) is 0 Å². The van der Waals surface area contributed by atoms with Crippen LogP contribution in [-0.2, 0) is 93.3 Å². The van der Waals surface area contributed by atoms with Crippen LogP contribution in [0.3, 0.4) is 0 Å². The summed E-state index contributed by atoms with van der Waals surface area (Å²) in [5, 5.41) is 5.93. The molecule has 16 aromatic rings. The Morgan fingerprint density at radius 2 is 0.677 bits per heavy atom. The molecule has 0 saturated carbocycles. The monoisotopic (exact) mass is 2540 g/mol. The van der Waals surface area contributed by atoms with Gasteiger partial charge in [0.1, 0.15) is 0 Å². The standard InChI is InChI=1S/2C18H24NSi.C17H22NSi.C16H20NSi.4C12H10N.4Ir/c1-14(2)11-16-12-17(15-9-7-6-8-10-15)19-13-18(16)20(3,4)5;1-6-14(2)16-12-17(15-10-8-7-9-11-15)19-13-18(16)20(3,4)5;1-13(2)15-11-16(14-9-7-6-8-10-14)18-12-17(15)19(3,4)5;1-5-13-11-15(14-9-7-6-8-10-14)17-12-16(13)18(2,3)4;1-10-6-5-9-13-12(10)11-7-3-2-4-8-11;1-10-6-5-9-12(13-10)11-7-3-2-4-8-11;1-10-7-8-13-12(9-10)11-5-3-2-4-6-11;1-10-7-8-12(13-9-10)11-5-3-2-4-6-11;;;;/h6-9,12-14H,11H2,1-5H3;7-10,12-14H,6H2,1-5H3;6-9,11-13H,1-5H3;6-9,11-12H,5H2,1-4H3;2*2-7,9H,1H3;2*2-5,7-9H,1H3;;;;/q8*-1;;;;/i;;;;1D3;;2*1D3;;;;. The zero-order valence-corrected chi connectivity index (χ0v) is 93.9. The normalized spacial score (nSPS) is 12.2. The van der Waals surface area contributed by atoms with Gasteiger partial charge in [-0.15, -0.1) is 287 Å². The third-order valence-corrected chi connectivity index (χ3v) is 29.1. The minimum absolute atomic E-state index is 0. The fourth-order valence-electron chi connectivity index (χ4n) is 14.0. The number of hydrogen-bond acceptors (Lipinski definition) is 8. The maximum atomic E-state index is 7.44. The van der Waals surface area contributed by atoms with Gasteiger partial charge in [0.15, 0.2) is 0 Å². The van der Waals surface area contributed by atoms with Gasteiger partial charge in [0, 0.05) is 142 Å². The molecule has 0 N–H and O–H groups in total. The molecule has 8 aromatic carbocycles. The molecule has 16 rings (SSSR count). The topological polar surface area (TPSA) is 103 Å². The van der Waals surface area contributed by atoms with Crippen LogP contribution < -0.4 is 20.7 Å². The minimum Gasteiger partial charge on any atom is -0.305 e. The quantitative estimate of drug-likeness (QED) is 0.0618. The van der Waals surface area contributed by atoms with Gasteiger partial charge < -0.3 is 39.9 Å². The number of rotatable bonds is 18. The molecular weight excluding hydrogens is 2400 g/mol. The van der Waals surface area contributed by atoms with E-state index in [1.807, 2.05) is 171 Å². The fourth-order valence-corrected chi connectivity index (χ4v) is 20.6. The molecule has 0 spiro atoms. The average Bonchev–Trinajstić information content (AvgIpc) is 0.797. The minimum atomic E-state index is -2.15. The Balaban J connectivity index is 0.000000286. The molecule has 0 aliphatic rings. The van der Waals surface area contributed by atoms with Crippen LogP contribution in [0.25, 0.3) is 90.1 Å². The first kappa shape index (κ1) is 99.4. The summed E-state index contributed by atoms with van der Waals surface area (Å²) in [4.78, 5) is 35.5. The zero-order valence-electron chi connectivity index (χ0n) is 89.3. The van der Waals surface area contributed by atoms with E-state index in [0.29, 0.717) is 40.3 Å². The molecule has 1 atom stereocenters. The summed E-state index contributed by atoms with van der Waals surface area (Å²) in [6.45, 7) is 40.1. The summed E-state index contributed by atoms with van der Waals surface area (Å²) in [6.07, 6.45) is 16.3. The molecular formula is C117H130Ir4N8Si4-8. The second-order valence-corrected chi connectivity index (χ2v) is 56.5. The van der Waals surface area contributed by atoms with Crippen molar-refractivity contribution in [3.05, 3.63) is 410 Å². The van der Waals surface area contributed by atoms with E-state index in [1.165, 1.54) is 67.9 Å². The Kier molecular flexibility index (Phi) is 42.4. The van der Waals surface area contributed by atoms with Crippen LogP contribution in [0.4, 0.5) is 0 Å². The first-order valence-corrected chi connectivity index (χ1v) is 58.4. The van der Waals surface area contributed by atoms with Crippen LogP contribution in [0.5, 0.6) is 0 Å². The zero-order chi connectivity index (χ0) is 101. The number of pyridine rings is 8. The molecule has 0 amide bonds. The molecule has 8 nitrogen and oxygen atoms in total. The van der Waals surface area contributed by atoms with Crippen LogP contribution in [0.15, 0.2) is 316 Å². The summed E-state index contributed by atoms with van der Waals surface area (Å²) < 4.78 is 66.0. The van der Waals surface area contributed by atoms with Gasteiger partial charge in [-0.1, -0.05) is 221 Å². The van der Waals surface area contributed by atoms with Crippen LogP contribution in [0.1, 0.15) is 124 Å². The van der Waals surface area contributed by atoms with Crippen LogP contribution in [0, 0.1) is 81.9 Å². The van der Waals surface area contributed by atoms with Crippen molar-refractivity contribution in [1.29, 1.82) is 0 Å². The molecule has 0 fully saturated rings. The van der Waals surface area contributed by atoms with E-state index in [-0.39, 0.29) is 91.5 Å². The second-order valence-electron chi connectivity index (χ2n) is 36.3. The summed E-state index contributed by atoms with van der Waals surface area (Å²) >= 11 is 0. The van der Waals surface area contributed by atoms with Crippen LogP contribution in [0.2, 0.25) is 78.6 Å². The molecule has 4 radical (unpaired) electrons. The molecule has 16 heteroatoms. The van der Waals surface area contributed by atoms with E-state index in [4.69, 9.17) is 17.3 Å². The van der Waals surface area contributed by atoms with Gasteiger partial charge >= 0.3 is 0 Å². The maximum absolute atomic E-state index is 7.44. The average molecular weight is 2540 g/mol. The third-order valence-electron chi connectivity index (χ3n) is 20.9.